The van der Waals surface area contributed by atoms with Crippen LogP contribution in [0.5, 0.6) is 0 Å². The van der Waals surface area contributed by atoms with Crippen molar-refractivity contribution in [2.75, 3.05) is 5.32 Å². The maximum absolute atomic E-state index is 12.3. The first-order valence-electron chi connectivity index (χ1n) is 6.00. The van der Waals surface area contributed by atoms with E-state index in [0.717, 1.165) is 36.3 Å². The zero-order valence-electron chi connectivity index (χ0n) is 9.46. The Morgan fingerprint density at radius 2 is 2.00 bits per heavy atom. The van der Waals surface area contributed by atoms with Gasteiger partial charge in [-0.05, 0) is 25.0 Å². The van der Waals surface area contributed by atoms with E-state index < -0.39 is 0 Å². The third kappa shape index (κ3) is 1.85. The third-order valence-electron chi connectivity index (χ3n) is 3.59. The summed E-state index contributed by atoms with van der Waals surface area (Å²) in [6, 6.07) is 5.81. The molecular weight excluding hydrogens is 254 g/mol. The second-order valence-corrected chi connectivity index (χ2v) is 6.56. The van der Waals surface area contributed by atoms with E-state index in [4.69, 9.17) is 11.6 Å². The molecule has 0 atom stereocenters. The Morgan fingerprint density at radius 1 is 1.24 bits per heavy atom. The summed E-state index contributed by atoms with van der Waals surface area (Å²) >= 11 is 7.81. The molecule has 0 radical (unpaired) electrons. The predicted molar refractivity (Wildman–Crippen MR) is 71.8 cm³/mol. The quantitative estimate of drug-likeness (QED) is 0.767. The van der Waals surface area contributed by atoms with Gasteiger partial charge in [0.05, 0.1) is 15.5 Å². The number of hydrogen-bond acceptors (Lipinski definition) is 2. The predicted octanol–water partition coefficient (Wildman–Crippen LogP) is 4.09. The van der Waals surface area contributed by atoms with Crippen LogP contribution in [0.3, 0.4) is 0 Å². The molecule has 0 bridgehead atoms. The minimum Gasteiger partial charge on any atom is -0.323 e. The van der Waals surface area contributed by atoms with Gasteiger partial charge in [0.15, 0.2) is 0 Å². The first-order chi connectivity index (χ1) is 8.21. The first-order valence-corrected chi connectivity index (χ1v) is 7.20. The Bertz CT molecular complexity index is 468. The van der Waals surface area contributed by atoms with Gasteiger partial charge in [0.25, 0.3) is 0 Å². The van der Waals surface area contributed by atoms with Crippen LogP contribution in [0.1, 0.15) is 32.1 Å². The van der Waals surface area contributed by atoms with Crippen LogP contribution in [0.4, 0.5) is 5.69 Å². The van der Waals surface area contributed by atoms with Gasteiger partial charge < -0.3 is 5.32 Å². The highest BCUT2D eigenvalue weighted by Crippen LogP contribution is 2.51. The van der Waals surface area contributed by atoms with E-state index in [-0.39, 0.29) is 10.7 Å². The van der Waals surface area contributed by atoms with Crippen LogP contribution in [-0.2, 0) is 4.79 Å². The number of rotatable bonds is 0. The number of benzene rings is 1. The van der Waals surface area contributed by atoms with E-state index in [1.165, 1.54) is 6.42 Å². The lowest BCUT2D eigenvalue weighted by Gasteiger charge is -2.39. The van der Waals surface area contributed by atoms with Crippen LogP contribution in [0.2, 0.25) is 5.02 Å². The summed E-state index contributed by atoms with van der Waals surface area (Å²) in [5.74, 6) is 0.141. The summed E-state index contributed by atoms with van der Waals surface area (Å²) < 4.78 is -0.240. The molecule has 1 amide bonds. The van der Waals surface area contributed by atoms with Gasteiger partial charge in [0.2, 0.25) is 5.91 Å². The highest BCUT2D eigenvalue weighted by molar-refractivity contribution is 8.01. The lowest BCUT2D eigenvalue weighted by Crippen LogP contribution is -2.44. The highest BCUT2D eigenvalue weighted by Gasteiger charge is 2.44. The van der Waals surface area contributed by atoms with E-state index in [0.29, 0.717) is 5.02 Å². The monoisotopic (exact) mass is 267 g/mol. The van der Waals surface area contributed by atoms with E-state index >= 15 is 0 Å². The zero-order chi connectivity index (χ0) is 11.9. The molecule has 1 N–H and O–H groups in total. The maximum Gasteiger partial charge on any atom is 0.241 e. The topological polar surface area (TPSA) is 29.1 Å². The summed E-state index contributed by atoms with van der Waals surface area (Å²) in [6.45, 7) is 0. The summed E-state index contributed by atoms with van der Waals surface area (Å²) in [7, 11) is 0. The van der Waals surface area contributed by atoms with Crippen LogP contribution in [0, 0.1) is 0 Å². The zero-order valence-corrected chi connectivity index (χ0v) is 11.0. The van der Waals surface area contributed by atoms with Gasteiger partial charge in [-0.3, -0.25) is 4.79 Å². The van der Waals surface area contributed by atoms with Crippen molar-refractivity contribution in [1.82, 2.24) is 0 Å². The molecule has 17 heavy (non-hydrogen) atoms. The Balaban J connectivity index is 2.00. The Morgan fingerprint density at radius 3 is 2.76 bits per heavy atom. The van der Waals surface area contributed by atoms with Crippen LogP contribution in [-0.4, -0.2) is 10.7 Å². The molecule has 4 heteroatoms. The van der Waals surface area contributed by atoms with Gasteiger partial charge in [-0.1, -0.05) is 36.9 Å². The number of carbonyl (C=O) groups excluding carboxylic acids is 1. The second kappa shape index (κ2) is 4.21. The fraction of sp³-hybridized carbons (Fsp3) is 0.462. The summed E-state index contributed by atoms with van der Waals surface area (Å²) in [5.41, 5.74) is 0.792. The van der Waals surface area contributed by atoms with Gasteiger partial charge in [-0.15, -0.1) is 11.8 Å². The van der Waals surface area contributed by atoms with Crippen molar-refractivity contribution in [1.29, 1.82) is 0 Å². The smallest absolute Gasteiger partial charge is 0.241 e. The van der Waals surface area contributed by atoms with Crippen LogP contribution < -0.4 is 5.32 Å². The van der Waals surface area contributed by atoms with Crippen molar-refractivity contribution in [3.8, 4) is 0 Å². The number of hydrogen-bond donors (Lipinski definition) is 1. The molecule has 0 unspecified atom stereocenters. The maximum atomic E-state index is 12.3. The van der Waals surface area contributed by atoms with Crippen molar-refractivity contribution >= 4 is 35.0 Å². The lowest BCUT2D eigenvalue weighted by molar-refractivity contribution is -0.119. The Hall–Kier alpha value is -0.670. The number of para-hydroxylation sites is 1. The lowest BCUT2D eigenvalue weighted by atomic mass is 9.87. The molecule has 1 fully saturated rings. The molecule has 1 aromatic rings. The van der Waals surface area contributed by atoms with E-state index in [2.05, 4.69) is 5.32 Å². The molecule has 1 aliphatic carbocycles. The Kier molecular flexibility index (Phi) is 2.83. The number of fused-ring (bicyclic) bond motifs is 1. The van der Waals surface area contributed by atoms with Crippen molar-refractivity contribution in [3.05, 3.63) is 23.2 Å². The molecule has 0 saturated heterocycles. The van der Waals surface area contributed by atoms with Gasteiger partial charge >= 0.3 is 0 Å². The van der Waals surface area contributed by atoms with E-state index in [1.54, 1.807) is 11.8 Å². The Labute approximate surface area is 110 Å². The highest BCUT2D eigenvalue weighted by atomic mass is 35.5. The molecule has 3 rings (SSSR count). The van der Waals surface area contributed by atoms with E-state index in [1.807, 2.05) is 18.2 Å². The largest absolute Gasteiger partial charge is 0.323 e. The second-order valence-electron chi connectivity index (χ2n) is 4.72. The van der Waals surface area contributed by atoms with Gasteiger partial charge in [-0.25, -0.2) is 0 Å². The molecule has 1 heterocycles. The fourth-order valence-corrected chi connectivity index (χ4v) is 4.39. The number of carbonyl (C=O) groups is 1. The van der Waals surface area contributed by atoms with Crippen LogP contribution >= 0.6 is 23.4 Å². The van der Waals surface area contributed by atoms with Crippen molar-refractivity contribution in [2.45, 2.75) is 41.7 Å². The average molecular weight is 268 g/mol. The number of amides is 1. The standard InChI is InChI=1S/C13H14ClNOS/c14-9-5-4-6-10-11(9)15-12(16)13(17-10)7-2-1-3-8-13/h4-6H,1-3,7-8H2,(H,15,16). The van der Waals surface area contributed by atoms with Crippen LogP contribution in [0.25, 0.3) is 0 Å². The molecule has 1 aromatic carbocycles. The van der Waals surface area contributed by atoms with Crippen molar-refractivity contribution in [2.24, 2.45) is 0 Å². The summed E-state index contributed by atoms with van der Waals surface area (Å²) in [6.07, 6.45) is 5.51. The molecule has 1 saturated carbocycles. The molecule has 1 aliphatic heterocycles. The number of thioether (sulfide) groups is 1. The first kappa shape index (κ1) is 11.4. The van der Waals surface area contributed by atoms with Crippen molar-refractivity contribution in [3.63, 3.8) is 0 Å². The third-order valence-corrected chi connectivity index (χ3v) is 5.45. The molecule has 1 spiro atoms. The molecule has 2 aliphatic rings. The van der Waals surface area contributed by atoms with Gasteiger partial charge in [0, 0.05) is 4.90 Å². The van der Waals surface area contributed by atoms with Crippen molar-refractivity contribution < 1.29 is 4.79 Å². The summed E-state index contributed by atoms with van der Waals surface area (Å²) in [5, 5.41) is 3.63. The SMILES string of the molecule is O=C1Nc2c(Cl)cccc2SC12CCCCC2. The van der Waals surface area contributed by atoms with Gasteiger partial charge in [0.1, 0.15) is 0 Å². The molecule has 0 aromatic heterocycles. The van der Waals surface area contributed by atoms with Crippen LogP contribution in [0.15, 0.2) is 23.1 Å². The summed E-state index contributed by atoms with van der Waals surface area (Å²) in [4.78, 5) is 13.4. The minimum atomic E-state index is -0.240. The molecular formula is C13H14ClNOS. The molecule has 2 nitrogen and oxygen atoms in total. The molecule has 90 valence electrons. The number of nitrogens with one attached hydrogen (secondary N) is 1. The normalized spacial score (nSPS) is 22.1. The minimum absolute atomic E-state index is 0.141. The van der Waals surface area contributed by atoms with E-state index in [9.17, 15) is 4.79 Å². The number of halogens is 1. The fourth-order valence-electron chi connectivity index (χ4n) is 2.65. The average Bonchev–Trinajstić information content (AvgIpc) is 2.33. The number of anilines is 1. The van der Waals surface area contributed by atoms with Gasteiger partial charge in [-0.2, -0.15) is 0 Å².